The van der Waals surface area contributed by atoms with Gasteiger partial charge in [0, 0.05) is 84.3 Å². The zero-order valence-corrected chi connectivity index (χ0v) is 20.7. The minimum Gasteiger partial charge on any atom is -2.00 e. The Balaban J connectivity index is 0. The van der Waals surface area contributed by atoms with Gasteiger partial charge in [0.05, 0.1) is 0 Å². The van der Waals surface area contributed by atoms with Crippen LogP contribution in [0.15, 0.2) is 0 Å². The van der Waals surface area contributed by atoms with Gasteiger partial charge in [0.25, 0.3) is 0 Å². The molecular formula is H8N2O13W4-24. The summed E-state index contributed by atoms with van der Waals surface area (Å²) in [4.78, 5) is 0. The molecule has 0 aromatic carbocycles. The Kier molecular flexibility index (Phi) is 156000. The Labute approximate surface area is 166 Å². The molecule has 0 radical (unpaired) electrons. The van der Waals surface area contributed by atoms with Gasteiger partial charge in [0.15, 0.2) is 0 Å². The van der Waals surface area contributed by atoms with Crippen LogP contribution < -0.4 is 12.3 Å². The average Bonchev–Trinajstić information content (AvgIpc) is 0. The fourth-order valence-electron chi connectivity index (χ4n) is 0. The average molecular weight is 979 g/mol. The van der Waals surface area contributed by atoms with E-state index in [0.717, 1.165) is 0 Å². The van der Waals surface area contributed by atoms with Crippen molar-refractivity contribution in [3.63, 3.8) is 0 Å². The predicted molar refractivity (Wildman–Crippen MR) is 20.9 cm³/mol. The van der Waals surface area contributed by atoms with E-state index in [0.29, 0.717) is 0 Å². The van der Waals surface area contributed by atoms with E-state index in [1.807, 2.05) is 0 Å². The third-order valence-electron chi connectivity index (χ3n) is 0. The van der Waals surface area contributed by atoms with Crippen molar-refractivity contribution in [1.82, 2.24) is 12.3 Å². The Bertz CT molecular complexity index is 22.6. The Morgan fingerprint density at radius 3 is 0.158 bits per heavy atom. The third-order valence-corrected chi connectivity index (χ3v) is 0. The molecule has 0 amide bonds. The fraction of sp³-hybridized carbons (Fsp3) is 0. The summed E-state index contributed by atoms with van der Waals surface area (Å²) >= 11 is 0. The summed E-state index contributed by atoms with van der Waals surface area (Å²) in [6.07, 6.45) is 0. The van der Waals surface area contributed by atoms with Gasteiger partial charge in [-0.25, -0.2) is 0 Å². The molecule has 0 unspecified atom stereocenters. The quantitative estimate of drug-likeness (QED) is 0.301. The van der Waals surface area contributed by atoms with Crippen LogP contribution in [0, 0.1) is 0 Å². The molecule has 144 valence electrons. The summed E-state index contributed by atoms with van der Waals surface area (Å²) in [5.74, 6) is 0. The van der Waals surface area contributed by atoms with Crippen LogP contribution in [0.1, 0.15) is 0 Å². The standard InChI is InChI=1S/2H3N.13O.4W/h2*1H3;;;;;;;;;;;;;;;;;/q;;13*-2;;;;/p+2. The second-order valence-electron chi connectivity index (χ2n) is 0. The summed E-state index contributed by atoms with van der Waals surface area (Å²) in [7, 11) is 0. The van der Waals surface area contributed by atoms with Crippen molar-refractivity contribution in [3.05, 3.63) is 0 Å². The number of hydrogen-bond acceptors (Lipinski definition) is 0. The van der Waals surface area contributed by atoms with E-state index in [1.165, 1.54) is 0 Å². The minimum absolute atomic E-state index is 0. The van der Waals surface area contributed by atoms with Crippen LogP contribution in [0.3, 0.4) is 0 Å². The molecule has 0 aliphatic rings. The van der Waals surface area contributed by atoms with Crippen molar-refractivity contribution in [2.24, 2.45) is 0 Å². The van der Waals surface area contributed by atoms with Crippen LogP contribution in [0.4, 0.5) is 0 Å². The molecule has 0 saturated heterocycles. The van der Waals surface area contributed by atoms with Crippen LogP contribution >= 0.6 is 0 Å². The smallest absolute Gasteiger partial charge is 0 e. The SMILES string of the molecule is [NH4+].[NH4+].[O-2].[O-2].[O-2].[O-2].[O-2].[O-2].[O-2].[O-2].[O-2].[O-2].[O-2].[O-2].[O-2].[W].[W].[W].[W]. The van der Waals surface area contributed by atoms with Gasteiger partial charge in [-0.3, -0.25) is 0 Å². The van der Waals surface area contributed by atoms with Crippen LogP contribution in [0.25, 0.3) is 0 Å². The first-order valence-corrected chi connectivity index (χ1v) is 0. The van der Waals surface area contributed by atoms with Gasteiger partial charge in [0.2, 0.25) is 0 Å². The van der Waals surface area contributed by atoms with E-state index >= 15 is 0 Å². The summed E-state index contributed by atoms with van der Waals surface area (Å²) in [5.41, 5.74) is 0. The van der Waals surface area contributed by atoms with Crippen LogP contribution in [-0.4, -0.2) is 0 Å². The minimum atomic E-state index is 0. The van der Waals surface area contributed by atoms with E-state index in [4.69, 9.17) is 0 Å². The Hall–Kier alpha value is 2.15. The third kappa shape index (κ3) is 1430. The maximum absolute atomic E-state index is 0. The predicted octanol–water partition coefficient (Wildman–Crippen LogP) is -0.802. The van der Waals surface area contributed by atoms with Gasteiger partial charge < -0.3 is 83.5 Å². The zero-order chi connectivity index (χ0) is 0. The molecule has 0 atom stereocenters. The van der Waals surface area contributed by atoms with Gasteiger partial charge in [-0.2, -0.15) is 0 Å². The molecule has 0 fully saturated rings. The van der Waals surface area contributed by atoms with Crippen molar-refractivity contribution in [1.29, 1.82) is 0 Å². The van der Waals surface area contributed by atoms with Crippen molar-refractivity contribution in [3.8, 4) is 0 Å². The second-order valence-corrected chi connectivity index (χ2v) is 0. The number of quaternary nitrogens is 2. The van der Waals surface area contributed by atoms with E-state index in [-0.39, 0.29) is 168 Å². The van der Waals surface area contributed by atoms with Gasteiger partial charge in [0.1, 0.15) is 0 Å². The first kappa shape index (κ1) is 1850. The van der Waals surface area contributed by atoms with Gasteiger partial charge in [-0.15, -0.1) is 0 Å². The topological polar surface area (TPSA) is 444 Å². The molecule has 19 heteroatoms. The second kappa shape index (κ2) is 1590. The Morgan fingerprint density at radius 2 is 0.158 bits per heavy atom. The molecule has 0 heterocycles. The van der Waals surface area contributed by atoms with E-state index in [9.17, 15) is 0 Å². The van der Waals surface area contributed by atoms with Crippen molar-refractivity contribution >= 4 is 0 Å². The summed E-state index contributed by atoms with van der Waals surface area (Å²) in [6.45, 7) is 0. The molecule has 0 spiro atoms. The first-order valence-electron chi connectivity index (χ1n) is 0. The largest absolute Gasteiger partial charge is 2.00 e. The molecule has 0 saturated carbocycles. The first-order chi connectivity index (χ1) is 0. The molecule has 19 heavy (non-hydrogen) atoms. The molecule has 0 aromatic rings. The molecule has 0 aromatic heterocycles. The molecule has 0 aliphatic heterocycles. The molecule has 15 nitrogen and oxygen atoms in total. The monoisotopic (exact) mass is 980 g/mol. The molecular weight excluding hydrogens is 971 g/mol. The van der Waals surface area contributed by atoms with Crippen LogP contribution in [-0.2, 0) is 155 Å². The molecule has 0 aliphatic carbocycles. The Morgan fingerprint density at radius 1 is 0.158 bits per heavy atom. The van der Waals surface area contributed by atoms with Crippen LogP contribution in [0.2, 0.25) is 0 Å². The van der Waals surface area contributed by atoms with Gasteiger partial charge in [-0.1, -0.05) is 0 Å². The summed E-state index contributed by atoms with van der Waals surface area (Å²) in [5, 5.41) is 0. The van der Waals surface area contributed by atoms with Crippen molar-refractivity contribution < 1.29 is 155 Å². The summed E-state index contributed by atoms with van der Waals surface area (Å²) in [6, 6.07) is 0. The normalized spacial score (nSPS) is 0. The van der Waals surface area contributed by atoms with Crippen molar-refractivity contribution in [2.45, 2.75) is 0 Å². The zero-order valence-electron chi connectivity index (χ0n) is 8.94. The van der Waals surface area contributed by atoms with Crippen molar-refractivity contribution in [2.75, 3.05) is 0 Å². The van der Waals surface area contributed by atoms with E-state index < -0.39 is 0 Å². The molecule has 0 bridgehead atoms. The molecule has 0 rings (SSSR count). The summed E-state index contributed by atoms with van der Waals surface area (Å²) < 4.78 is 0. The maximum atomic E-state index is 0. The van der Waals surface area contributed by atoms with E-state index in [1.54, 1.807) is 0 Å². The van der Waals surface area contributed by atoms with Gasteiger partial charge in [-0.05, 0) is 0 Å². The van der Waals surface area contributed by atoms with E-state index in [2.05, 4.69) is 0 Å². The number of rotatable bonds is 0. The maximum Gasteiger partial charge on any atom is 0 e. The fourth-order valence-corrected chi connectivity index (χ4v) is 0. The number of hydrogen-bond donors (Lipinski definition) is 2. The van der Waals surface area contributed by atoms with Gasteiger partial charge >= 0.3 is 0 Å². The van der Waals surface area contributed by atoms with Crippen LogP contribution in [0.5, 0.6) is 0 Å². The molecule has 8 N–H and O–H groups in total.